The van der Waals surface area contributed by atoms with Gasteiger partial charge in [0.2, 0.25) is 0 Å². The summed E-state index contributed by atoms with van der Waals surface area (Å²) in [6, 6.07) is 0. The smallest absolute Gasteiger partial charge is 0.303 e. The zero-order valence-corrected chi connectivity index (χ0v) is 23.3. The minimum Gasteiger partial charge on any atom is -0.459 e. The van der Waals surface area contributed by atoms with Crippen LogP contribution in [0.3, 0.4) is 0 Å². The van der Waals surface area contributed by atoms with E-state index in [9.17, 15) is 14.7 Å². The van der Waals surface area contributed by atoms with Crippen LogP contribution in [-0.2, 0) is 14.3 Å². The van der Waals surface area contributed by atoms with Crippen LogP contribution in [0.4, 0.5) is 0 Å². The van der Waals surface area contributed by atoms with Crippen molar-refractivity contribution in [3.63, 3.8) is 0 Å². The fourth-order valence-electron chi connectivity index (χ4n) is 9.82. The number of hydrogen-bond donors (Lipinski definition) is 1. The molecule has 0 saturated heterocycles. The molecule has 4 aliphatic rings. The monoisotopic (exact) mass is 486 g/mol. The summed E-state index contributed by atoms with van der Waals surface area (Å²) in [4.78, 5) is 25.5. The van der Waals surface area contributed by atoms with E-state index in [1.807, 2.05) is 0 Å². The van der Waals surface area contributed by atoms with Crippen LogP contribution in [0, 0.1) is 58.2 Å². The van der Waals surface area contributed by atoms with E-state index in [2.05, 4.69) is 53.7 Å². The molecule has 0 unspecified atom stereocenters. The molecular formula is C31H50O4. The molecule has 0 spiro atoms. The van der Waals surface area contributed by atoms with Crippen LogP contribution in [-0.4, -0.2) is 29.1 Å². The largest absolute Gasteiger partial charge is 0.459 e. The van der Waals surface area contributed by atoms with Crippen LogP contribution in [0.2, 0.25) is 0 Å². The van der Waals surface area contributed by atoms with Gasteiger partial charge in [0.15, 0.2) is 0 Å². The number of hydrogen-bond acceptors (Lipinski definition) is 4. The fraction of sp³-hybridized carbons (Fsp3) is 0.871. The van der Waals surface area contributed by atoms with Crippen molar-refractivity contribution in [1.82, 2.24) is 0 Å². The minimum atomic E-state index is -0.650. The Kier molecular flexibility index (Phi) is 7.65. The van der Waals surface area contributed by atoms with Gasteiger partial charge in [-0.1, -0.05) is 60.1 Å². The number of rotatable bonds is 7. The summed E-state index contributed by atoms with van der Waals surface area (Å²) in [6.07, 6.45) is 11.6. The highest BCUT2D eigenvalue weighted by Gasteiger charge is 2.62. The Hall–Kier alpha value is -1.16. The predicted molar refractivity (Wildman–Crippen MR) is 139 cm³/mol. The molecule has 0 aromatic rings. The average Bonchev–Trinajstić information content (AvgIpc) is 3.14. The quantitative estimate of drug-likeness (QED) is 0.325. The zero-order valence-electron chi connectivity index (χ0n) is 23.3. The van der Waals surface area contributed by atoms with Gasteiger partial charge >= 0.3 is 5.97 Å². The van der Waals surface area contributed by atoms with Crippen molar-refractivity contribution < 1.29 is 19.4 Å². The molecule has 0 heterocycles. The van der Waals surface area contributed by atoms with Crippen LogP contribution < -0.4 is 0 Å². The van der Waals surface area contributed by atoms with Gasteiger partial charge in [-0.2, -0.15) is 0 Å². The van der Waals surface area contributed by atoms with E-state index in [0.29, 0.717) is 35.4 Å². The van der Waals surface area contributed by atoms with Gasteiger partial charge < -0.3 is 9.84 Å². The maximum Gasteiger partial charge on any atom is 0.303 e. The second-order valence-corrected chi connectivity index (χ2v) is 13.5. The van der Waals surface area contributed by atoms with E-state index in [1.54, 1.807) is 0 Å². The van der Waals surface area contributed by atoms with Crippen molar-refractivity contribution in [3.05, 3.63) is 12.2 Å². The second-order valence-electron chi connectivity index (χ2n) is 13.5. The standard InChI is InChI=1S/C31H50O4/c1-8-21(18(2)3)28(34)29(35-20(5)32)19(4)23-12-13-24-22-17-27(33)26-11-9-10-15-30(26,6)25(22)14-16-31(23,24)7/h9-10,18-19,21-26,28-29,34H,8,11-17H2,1-7H3/t19-,21-,22-,23+,24-,25-,26+,28+,29+,30+,31+/m0/s1. The van der Waals surface area contributed by atoms with E-state index >= 15 is 0 Å². The molecule has 3 saturated carbocycles. The van der Waals surface area contributed by atoms with Crippen molar-refractivity contribution in [2.75, 3.05) is 0 Å². The third kappa shape index (κ3) is 4.44. The molecule has 0 aromatic carbocycles. The van der Waals surface area contributed by atoms with Crippen molar-refractivity contribution in [2.24, 2.45) is 58.2 Å². The first-order valence-electron chi connectivity index (χ1n) is 14.5. The molecule has 0 amide bonds. The molecule has 0 radical (unpaired) electrons. The molecule has 4 nitrogen and oxygen atoms in total. The average molecular weight is 487 g/mol. The first-order valence-corrected chi connectivity index (χ1v) is 14.5. The summed E-state index contributed by atoms with van der Waals surface area (Å²) in [6.45, 7) is 15.0. The fourth-order valence-corrected chi connectivity index (χ4v) is 9.82. The molecule has 11 atom stereocenters. The van der Waals surface area contributed by atoms with E-state index in [0.717, 1.165) is 38.5 Å². The number of ketones is 1. The summed E-state index contributed by atoms with van der Waals surface area (Å²) in [5.74, 6) is 2.97. The topological polar surface area (TPSA) is 63.6 Å². The molecular weight excluding hydrogens is 436 g/mol. The highest BCUT2D eigenvalue weighted by molar-refractivity contribution is 5.83. The summed E-state index contributed by atoms with van der Waals surface area (Å²) in [5.41, 5.74) is 0.244. The zero-order chi connectivity index (χ0) is 25.7. The first kappa shape index (κ1) is 26.9. The Bertz CT molecular complexity index is 832. The number of allylic oxidation sites excluding steroid dienone is 2. The Morgan fingerprint density at radius 1 is 1.11 bits per heavy atom. The lowest BCUT2D eigenvalue weighted by Crippen LogP contribution is -2.56. The number of carbonyl (C=O) groups excluding carboxylic acids is 2. The third-order valence-corrected chi connectivity index (χ3v) is 11.6. The molecule has 198 valence electrons. The van der Waals surface area contributed by atoms with Gasteiger partial charge in [-0.05, 0) is 90.8 Å². The van der Waals surface area contributed by atoms with Crippen molar-refractivity contribution in [1.29, 1.82) is 0 Å². The molecule has 1 N–H and O–H groups in total. The van der Waals surface area contributed by atoms with Crippen molar-refractivity contribution in [2.45, 2.75) is 112 Å². The number of esters is 1. The minimum absolute atomic E-state index is 0.0912. The highest BCUT2D eigenvalue weighted by atomic mass is 16.6. The van der Waals surface area contributed by atoms with Gasteiger partial charge in [-0.3, -0.25) is 9.59 Å². The molecule has 0 aliphatic heterocycles. The van der Waals surface area contributed by atoms with Gasteiger partial charge in [0.05, 0.1) is 6.10 Å². The number of aliphatic hydroxyl groups is 1. The lowest BCUT2D eigenvalue weighted by molar-refractivity contribution is -0.168. The van der Waals surface area contributed by atoms with E-state index < -0.39 is 12.2 Å². The normalized spacial score (nSPS) is 42.0. The Morgan fingerprint density at radius 3 is 2.43 bits per heavy atom. The molecule has 35 heavy (non-hydrogen) atoms. The van der Waals surface area contributed by atoms with Gasteiger partial charge in [-0.15, -0.1) is 0 Å². The van der Waals surface area contributed by atoms with Gasteiger partial charge in [0.25, 0.3) is 0 Å². The summed E-state index contributed by atoms with van der Waals surface area (Å²) in [5, 5.41) is 11.5. The first-order chi connectivity index (χ1) is 16.5. The van der Waals surface area contributed by atoms with Gasteiger partial charge in [0, 0.05) is 19.3 Å². The molecule has 0 bridgehead atoms. The Morgan fingerprint density at radius 2 is 1.80 bits per heavy atom. The van der Waals surface area contributed by atoms with Crippen molar-refractivity contribution >= 4 is 11.8 Å². The maximum absolute atomic E-state index is 13.4. The Labute approximate surface area is 213 Å². The second kappa shape index (κ2) is 9.95. The van der Waals surface area contributed by atoms with Gasteiger partial charge in [0.1, 0.15) is 11.9 Å². The van der Waals surface area contributed by atoms with Crippen LogP contribution in [0.15, 0.2) is 12.2 Å². The lowest BCUT2D eigenvalue weighted by Gasteiger charge is -2.59. The summed E-state index contributed by atoms with van der Waals surface area (Å²) >= 11 is 0. The highest BCUT2D eigenvalue weighted by Crippen LogP contribution is 2.67. The predicted octanol–water partition coefficient (Wildman–Crippen LogP) is 6.60. The molecule has 3 fully saturated rings. The number of carbonyl (C=O) groups is 2. The van der Waals surface area contributed by atoms with Crippen LogP contribution in [0.25, 0.3) is 0 Å². The molecule has 4 rings (SSSR count). The van der Waals surface area contributed by atoms with E-state index in [-0.39, 0.29) is 34.6 Å². The van der Waals surface area contributed by atoms with Crippen LogP contribution in [0.5, 0.6) is 0 Å². The van der Waals surface area contributed by atoms with Gasteiger partial charge in [-0.25, -0.2) is 0 Å². The number of Topliss-reactive ketones (excluding diaryl/α,β-unsaturated/α-hetero) is 1. The maximum atomic E-state index is 13.4. The van der Waals surface area contributed by atoms with E-state index in [4.69, 9.17) is 4.74 Å². The number of aliphatic hydroxyl groups excluding tert-OH is 1. The number of ether oxygens (including phenoxy) is 1. The van der Waals surface area contributed by atoms with Crippen molar-refractivity contribution in [3.8, 4) is 0 Å². The third-order valence-electron chi connectivity index (χ3n) is 11.6. The molecule has 4 heteroatoms. The molecule has 4 aliphatic carbocycles. The summed E-state index contributed by atoms with van der Waals surface area (Å²) in [7, 11) is 0. The van der Waals surface area contributed by atoms with E-state index in [1.165, 1.54) is 19.8 Å². The van der Waals surface area contributed by atoms with Crippen LogP contribution in [0.1, 0.15) is 99.8 Å². The number of fused-ring (bicyclic) bond motifs is 5. The summed E-state index contributed by atoms with van der Waals surface area (Å²) < 4.78 is 5.90. The molecule has 0 aromatic heterocycles. The lowest BCUT2D eigenvalue weighted by atomic mass is 9.45. The van der Waals surface area contributed by atoms with Crippen LogP contribution >= 0.6 is 0 Å². The SMILES string of the molecule is CC[C@@H](C(C)C)[C@@H](O)[C@H](OC(C)=O)[C@@H](C)[C@H]1CC[C@H]2[C@@H]3CC(=O)[C@H]4CC=CC[C@]4(C)[C@H]3CC[C@]12C. The Balaban J connectivity index is 1.60.